The first kappa shape index (κ1) is 18.2. The summed E-state index contributed by atoms with van der Waals surface area (Å²) >= 11 is 0. The van der Waals surface area contributed by atoms with Crippen LogP contribution in [0.4, 0.5) is 0 Å². The largest absolute Gasteiger partial charge is 0.508 e. The third-order valence-corrected chi connectivity index (χ3v) is 6.86. The fourth-order valence-electron chi connectivity index (χ4n) is 1.63. The van der Waals surface area contributed by atoms with Gasteiger partial charge in [-0.15, -0.1) is 0 Å². The number of hydrogen-bond acceptors (Lipinski definition) is 4. The molecule has 1 aromatic rings. The van der Waals surface area contributed by atoms with E-state index in [1.807, 2.05) is 6.92 Å². The van der Waals surface area contributed by atoms with E-state index in [-0.39, 0.29) is 11.5 Å². The maximum absolute atomic E-state index is 11.5. The lowest BCUT2D eigenvalue weighted by molar-refractivity contribution is 0.165. The maximum atomic E-state index is 11.5. The first-order valence-corrected chi connectivity index (χ1v) is 9.27. The number of hydrogen-bond donors (Lipinski definition) is 5. The molecule has 0 bridgehead atoms. The number of rotatable bonds is 6. The molecule has 0 heterocycles. The molecule has 0 saturated carbocycles. The molecule has 5 N–H and O–H groups in total. The molecule has 0 unspecified atom stereocenters. The van der Waals surface area contributed by atoms with Gasteiger partial charge in [-0.05, 0) is 37.1 Å². The summed E-state index contributed by atoms with van der Waals surface area (Å²) < 4.78 is 28.0. The smallest absolute Gasteiger partial charge is 0.381 e. The van der Waals surface area contributed by atoms with E-state index >= 15 is 0 Å². The van der Waals surface area contributed by atoms with Gasteiger partial charge in [0.25, 0.3) is 0 Å². The van der Waals surface area contributed by atoms with Gasteiger partial charge in [-0.25, -0.2) is 0 Å². The summed E-state index contributed by atoms with van der Waals surface area (Å²) in [6.07, 6.45) is 1.05. The summed E-state index contributed by atoms with van der Waals surface area (Å²) in [6.45, 7) is 2.50. The van der Waals surface area contributed by atoms with Crippen molar-refractivity contribution in [2.75, 3.05) is 0 Å². The topological polar surface area (TPSA) is 145 Å². The van der Waals surface area contributed by atoms with Crippen LogP contribution in [0.5, 0.6) is 11.5 Å². The molecule has 0 amide bonds. The molecule has 8 nitrogen and oxygen atoms in total. The van der Waals surface area contributed by atoms with E-state index in [0.717, 1.165) is 0 Å². The molecule has 21 heavy (non-hydrogen) atoms. The predicted molar refractivity (Wildman–Crippen MR) is 75.2 cm³/mol. The van der Waals surface area contributed by atoms with Crippen molar-refractivity contribution >= 4 is 15.2 Å². The molecule has 1 rings (SSSR count). The van der Waals surface area contributed by atoms with Gasteiger partial charge >= 0.3 is 20.3 Å². The zero-order chi connectivity index (χ0) is 16.5. The zero-order valence-electron chi connectivity index (χ0n) is 11.5. The second-order valence-electron chi connectivity index (χ2n) is 4.67. The Hall–Kier alpha value is -0.880. The van der Waals surface area contributed by atoms with Gasteiger partial charge in [0.15, 0.2) is 0 Å². The van der Waals surface area contributed by atoms with Gasteiger partial charge in [-0.2, -0.15) is 0 Å². The number of phenols is 1. The molecule has 120 valence electrons. The Morgan fingerprint density at radius 3 is 2.10 bits per heavy atom. The lowest BCUT2D eigenvalue weighted by Crippen LogP contribution is -2.32. The summed E-state index contributed by atoms with van der Waals surface area (Å²) in [6, 6.07) is 3.73. The van der Waals surface area contributed by atoms with E-state index in [1.54, 1.807) is 0 Å². The minimum absolute atomic E-state index is 0.0835. The Balaban J connectivity index is 3.35. The fraction of sp³-hybridized carbons (Fsp3) is 0.455. The molecule has 0 spiro atoms. The number of benzene rings is 1. The van der Waals surface area contributed by atoms with Crippen molar-refractivity contribution in [3.05, 3.63) is 23.8 Å². The van der Waals surface area contributed by atoms with Gasteiger partial charge in [0, 0.05) is 0 Å². The van der Waals surface area contributed by atoms with Crippen LogP contribution >= 0.6 is 15.2 Å². The van der Waals surface area contributed by atoms with E-state index in [4.69, 9.17) is 4.74 Å². The van der Waals surface area contributed by atoms with Crippen molar-refractivity contribution in [2.24, 2.45) is 0 Å². The van der Waals surface area contributed by atoms with Crippen LogP contribution in [-0.2, 0) is 15.6 Å². The summed E-state index contributed by atoms with van der Waals surface area (Å²) in [5.41, 5.74) is 0.394. The van der Waals surface area contributed by atoms with Gasteiger partial charge in [0.05, 0.1) is 0 Å². The number of aryl methyl sites for hydroxylation is 1. The van der Waals surface area contributed by atoms with E-state index < -0.39 is 20.3 Å². The third kappa shape index (κ3) is 3.86. The molecule has 0 aliphatic heterocycles. The van der Waals surface area contributed by atoms with Crippen LogP contribution in [0.25, 0.3) is 0 Å². The molecule has 0 radical (unpaired) electrons. The molecular weight excluding hydrogens is 322 g/mol. The second-order valence-corrected chi connectivity index (χ2v) is 8.90. The SMILES string of the molecule is CCCc1cc(O)ccc1OC(C)(P(=O)(O)O)P(=O)(O)O. The van der Waals surface area contributed by atoms with Crippen LogP contribution in [0.3, 0.4) is 0 Å². The number of phenolic OH excluding ortho intramolecular Hbond substituents is 1. The third-order valence-electron chi connectivity index (χ3n) is 2.95. The van der Waals surface area contributed by atoms with Crippen LogP contribution in [-0.4, -0.2) is 29.8 Å². The first-order valence-electron chi connectivity index (χ1n) is 6.04. The van der Waals surface area contributed by atoms with E-state index in [2.05, 4.69) is 0 Å². The van der Waals surface area contributed by atoms with E-state index in [0.29, 0.717) is 25.3 Å². The molecule has 0 aromatic heterocycles. The van der Waals surface area contributed by atoms with Crippen LogP contribution in [0.2, 0.25) is 0 Å². The standard InChI is InChI=1S/C11H18O8P2/c1-3-4-8-7-9(12)5-6-10(8)19-11(2,20(13,14)15)21(16,17)18/h5-7,12H,3-4H2,1-2H3,(H2,13,14,15)(H2,16,17,18). The molecule has 0 atom stereocenters. The Kier molecular flexibility index (Phi) is 5.26. The Labute approximate surface area is 121 Å². The van der Waals surface area contributed by atoms with Gasteiger partial charge in [-0.3, -0.25) is 9.13 Å². The highest BCUT2D eigenvalue weighted by Crippen LogP contribution is 2.69. The van der Waals surface area contributed by atoms with Crippen molar-refractivity contribution in [1.82, 2.24) is 0 Å². The summed E-state index contributed by atoms with van der Waals surface area (Å²) in [4.78, 5) is 37.0. The van der Waals surface area contributed by atoms with Crippen LogP contribution < -0.4 is 4.74 Å². The quantitative estimate of drug-likeness (QED) is 0.493. The molecule has 10 heteroatoms. The predicted octanol–water partition coefficient (Wildman–Crippen LogP) is 1.75. The summed E-state index contributed by atoms with van der Waals surface area (Å²) in [5.74, 6) is -0.177. The van der Waals surface area contributed by atoms with Crippen molar-refractivity contribution in [1.29, 1.82) is 0 Å². The van der Waals surface area contributed by atoms with Gasteiger partial charge in [-0.1, -0.05) is 13.3 Å². The Morgan fingerprint density at radius 1 is 1.14 bits per heavy atom. The van der Waals surface area contributed by atoms with E-state index in [1.165, 1.54) is 18.2 Å². The minimum Gasteiger partial charge on any atom is -0.508 e. The molecule has 0 saturated heterocycles. The van der Waals surface area contributed by atoms with Crippen molar-refractivity contribution in [3.63, 3.8) is 0 Å². The van der Waals surface area contributed by atoms with Gasteiger partial charge in [0.2, 0.25) is 0 Å². The lowest BCUT2D eigenvalue weighted by Gasteiger charge is -2.32. The minimum atomic E-state index is -5.27. The highest BCUT2D eigenvalue weighted by Gasteiger charge is 2.59. The summed E-state index contributed by atoms with van der Waals surface area (Å²) in [7, 11) is -10.5. The van der Waals surface area contributed by atoms with Crippen molar-refractivity contribution in [2.45, 2.75) is 31.8 Å². The average Bonchev–Trinajstić information content (AvgIpc) is 2.30. The molecule has 1 aromatic carbocycles. The van der Waals surface area contributed by atoms with Crippen LogP contribution in [0.1, 0.15) is 25.8 Å². The van der Waals surface area contributed by atoms with Crippen LogP contribution in [0, 0.1) is 0 Å². The van der Waals surface area contributed by atoms with Crippen molar-refractivity contribution < 1.29 is 38.5 Å². The Bertz CT molecular complexity index is 580. The van der Waals surface area contributed by atoms with E-state index in [9.17, 15) is 33.8 Å². The molecule has 0 aliphatic rings. The summed E-state index contributed by atoms with van der Waals surface area (Å²) in [5, 5.41) is 6.43. The highest BCUT2D eigenvalue weighted by molar-refractivity contribution is 7.72. The van der Waals surface area contributed by atoms with Gasteiger partial charge < -0.3 is 29.4 Å². The van der Waals surface area contributed by atoms with Crippen molar-refractivity contribution in [3.8, 4) is 11.5 Å². The Morgan fingerprint density at radius 2 is 1.67 bits per heavy atom. The molecule has 0 aliphatic carbocycles. The normalized spacial score (nSPS) is 13.2. The fourth-order valence-corrected chi connectivity index (χ4v) is 3.42. The van der Waals surface area contributed by atoms with Crippen LogP contribution in [0.15, 0.2) is 18.2 Å². The lowest BCUT2D eigenvalue weighted by atomic mass is 10.1. The second kappa shape index (κ2) is 6.08. The molecular formula is C11H18O8P2. The number of ether oxygens (including phenoxy) is 1. The monoisotopic (exact) mass is 340 g/mol. The maximum Gasteiger partial charge on any atom is 0.381 e. The first-order chi connectivity index (χ1) is 9.42. The highest BCUT2D eigenvalue weighted by atomic mass is 31.2. The number of aromatic hydroxyl groups is 1. The molecule has 0 fully saturated rings. The average molecular weight is 340 g/mol. The zero-order valence-corrected chi connectivity index (χ0v) is 13.3. The van der Waals surface area contributed by atoms with Gasteiger partial charge in [0.1, 0.15) is 11.5 Å².